The molecule has 1 aromatic heterocycles. The summed E-state index contributed by atoms with van der Waals surface area (Å²) in [5.41, 5.74) is 9.14. The fraction of sp³-hybridized carbons (Fsp3) is 0. The van der Waals surface area contributed by atoms with Gasteiger partial charge in [-0.25, -0.2) is 0 Å². The number of anilines is 2. The van der Waals surface area contributed by atoms with Gasteiger partial charge in [-0.15, -0.1) is 11.3 Å². The quantitative estimate of drug-likeness (QED) is 0.758. The van der Waals surface area contributed by atoms with Gasteiger partial charge in [0.1, 0.15) is 0 Å². The zero-order chi connectivity index (χ0) is 14.7. The van der Waals surface area contributed by atoms with Crippen LogP contribution in [0, 0.1) is 0 Å². The summed E-state index contributed by atoms with van der Waals surface area (Å²) in [6.45, 7) is 0. The van der Waals surface area contributed by atoms with Gasteiger partial charge in [-0.3, -0.25) is 4.79 Å². The SMILES string of the molecule is Nc1scc(-c2ccccc2)c1C(=O)Nc1ccccc1. The molecule has 0 bridgehead atoms. The Morgan fingerprint density at radius 2 is 1.57 bits per heavy atom. The highest BCUT2D eigenvalue weighted by molar-refractivity contribution is 7.15. The summed E-state index contributed by atoms with van der Waals surface area (Å²) in [6, 6.07) is 19.2. The van der Waals surface area contributed by atoms with Crippen molar-refractivity contribution in [3.63, 3.8) is 0 Å². The molecule has 1 heterocycles. The number of carbonyl (C=O) groups excluding carboxylic acids is 1. The molecule has 4 heteroatoms. The molecule has 21 heavy (non-hydrogen) atoms. The average molecular weight is 294 g/mol. The van der Waals surface area contributed by atoms with E-state index in [0.717, 1.165) is 16.8 Å². The summed E-state index contributed by atoms with van der Waals surface area (Å²) < 4.78 is 0. The van der Waals surface area contributed by atoms with E-state index in [2.05, 4.69) is 5.32 Å². The number of hydrogen-bond donors (Lipinski definition) is 2. The molecule has 3 rings (SSSR count). The lowest BCUT2D eigenvalue weighted by Crippen LogP contribution is -2.13. The van der Waals surface area contributed by atoms with Gasteiger partial charge in [0.05, 0.1) is 10.6 Å². The van der Waals surface area contributed by atoms with E-state index in [1.807, 2.05) is 66.0 Å². The summed E-state index contributed by atoms with van der Waals surface area (Å²) in [7, 11) is 0. The number of nitrogens with one attached hydrogen (secondary N) is 1. The van der Waals surface area contributed by atoms with E-state index in [1.54, 1.807) is 0 Å². The normalized spacial score (nSPS) is 10.3. The van der Waals surface area contributed by atoms with Crippen LogP contribution < -0.4 is 11.1 Å². The van der Waals surface area contributed by atoms with Gasteiger partial charge in [-0.1, -0.05) is 48.5 Å². The van der Waals surface area contributed by atoms with E-state index in [1.165, 1.54) is 11.3 Å². The minimum atomic E-state index is -0.182. The molecule has 0 saturated carbocycles. The van der Waals surface area contributed by atoms with Crippen LogP contribution in [0.2, 0.25) is 0 Å². The van der Waals surface area contributed by atoms with Crippen molar-refractivity contribution in [3.05, 3.63) is 71.6 Å². The fourth-order valence-electron chi connectivity index (χ4n) is 2.15. The number of nitrogens with two attached hydrogens (primary N) is 1. The van der Waals surface area contributed by atoms with Gasteiger partial charge in [0.15, 0.2) is 0 Å². The Bertz CT molecular complexity index is 751. The smallest absolute Gasteiger partial charge is 0.259 e. The zero-order valence-electron chi connectivity index (χ0n) is 11.2. The molecule has 0 atom stereocenters. The van der Waals surface area contributed by atoms with Crippen molar-refractivity contribution in [1.82, 2.24) is 0 Å². The van der Waals surface area contributed by atoms with Crippen LogP contribution in [0.15, 0.2) is 66.0 Å². The van der Waals surface area contributed by atoms with Crippen molar-refractivity contribution in [1.29, 1.82) is 0 Å². The lowest BCUT2D eigenvalue weighted by molar-refractivity contribution is 0.102. The highest BCUT2D eigenvalue weighted by Gasteiger charge is 2.18. The molecule has 0 spiro atoms. The predicted octanol–water partition coefficient (Wildman–Crippen LogP) is 4.25. The van der Waals surface area contributed by atoms with E-state index < -0.39 is 0 Å². The third-order valence-electron chi connectivity index (χ3n) is 3.16. The average Bonchev–Trinajstić information content (AvgIpc) is 2.91. The van der Waals surface area contributed by atoms with Gasteiger partial charge in [0.2, 0.25) is 0 Å². The molecule has 0 aliphatic heterocycles. The Labute approximate surface area is 127 Å². The van der Waals surface area contributed by atoms with Crippen LogP contribution in [0.5, 0.6) is 0 Å². The number of hydrogen-bond acceptors (Lipinski definition) is 3. The van der Waals surface area contributed by atoms with E-state index in [4.69, 9.17) is 5.73 Å². The predicted molar refractivity (Wildman–Crippen MR) is 88.6 cm³/mol. The maximum Gasteiger partial charge on any atom is 0.259 e. The van der Waals surface area contributed by atoms with Crippen LogP contribution in [0.4, 0.5) is 10.7 Å². The fourth-order valence-corrected chi connectivity index (χ4v) is 2.97. The second-order valence-electron chi connectivity index (χ2n) is 4.57. The molecule has 2 aromatic carbocycles. The van der Waals surface area contributed by atoms with E-state index in [0.29, 0.717) is 10.6 Å². The molecule has 0 aliphatic carbocycles. The first kappa shape index (κ1) is 13.4. The first-order valence-corrected chi connectivity index (χ1v) is 7.42. The van der Waals surface area contributed by atoms with Crippen LogP contribution >= 0.6 is 11.3 Å². The number of para-hydroxylation sites is 1. The van der Waals surface area contributed by atoms with Crippen molar-refractivity contribution in [2.75, 3.05) is 11.1 Å². The molecule has 0 unspecified atom stereocenters. The van der Waals surface area contributed by atoms with Crippen molar-refractivity contribution in [3.8, 4) is 11.1 Å². The van der Waals surface area contributed by atoms with Gasteiger partial charge in [0, 0.05) is 16.6 Å². The number of amides is 1. The molecular formula is C17H14N2OS. The maximum atomic E-state index is 12.5. The number of carbonyl (C=O) groups is 1. The number of nitrogen functional groups attached to an aromatic ring is 1. The zero-order valence-corrected chi connectivity index (χ0v) is 12.1. The van der Waals surface area contributed by atoms with Crippen LogP contribution in [0.1, 0.15) is 10.4 Å². The molecule has 104 valence electrons. The minimum Gasteiger partial charge on any atom is -0.390 e. The van der Waals surface area contributed by atoms with Crippen LogP contribution in [0.25, 0.3) is 11.1 Å². The largest absolute Gasteiger partial charge is 0.390 e. The summed E-state index contributed by atoms with van der Waals surface area (Å²) in [6.07, 6.45) is 0. The summed E-state index contributed by atoms with van der Waals surface area (Å²) in [4.78, 5) is 12.5. The van der Waals surface area contributed by atoms with Gasteiger partial charge in [-0.2, -0.15) is 0 Å². The summed E-state index contributed by atoms with van der Waals surface area (Å²) in [5.74, 6) is -0.182. The summed E-state index contributed by atoms with van der Waals surface area (Å²) in [5, 5.41) is 5.33. The van der Waals surface area contributed by atoms with Gasteiger partial charge < -0.3 is 11.1 Å². The van der Waals surface area contributed by atoms with E-state index in [9.17, 15) is 4.79 Å². The Morgan fingerprint density at radius 3 is 2.24 bits per heavy atom. The van der Waals surface area contributed by atoms with Gasteiger partial charge in [-0.05, 0) is 17.7 Å². The monoisotopic (exact) mass is 294 g/mol. The number of thiophene rings is 1. The Morgan fingerprint density at radius 1 is 0.952 bits per heavy atom. The lowest BCUT2D eigenvalue weighted by Gasteiger charge is -2.07. The second-order valence-corrected chi connectivity index (χ2v) is 5.49. The molecule has 3 nitrogen and oxygen atoms in total. The molecule has 0 saturated heterocycles. The van der Waals surface area contributed by atoms with Crippen molar-refractivity contribution in [2.24, 2.45) is 0 Å². The molecule has 3 N–H and O–H groups in total. The number of benzene rings is 2. The highest BCUT2D eigenvalue weighted by atomic mass is 32.1. The van der Waals surface area contributed by atoms with Crippen LogP contribution in [-0.2, 0) is 0 Å². The van der Waals surface area contributed by atoms with Gasteiger partial charge in [0.25, 0.3) is 5.91 Å². The van der Waals surface area contributed by atoms with E-state index >= 15 is 0 Å². The molecular weight excluding hydrogens is 280 g/mol. The topological polar surface area (TPSA) is 55.1 Å². The first-order valence-electron chi connectivity index (χ1n) is 6.54. The van der Waals surface area contributed by atoms with Crippen molar-refractivity contribution >= 4 is 27.9 Å². The Balaban J connectivity index is 1.95. The Hall–Kier alpha value is -2.59. The van der Waals surface area contributed by atoms with Crippen LogP contribution in [-0.4, -0.2) is 5.91 Å². The molecule has 0 radical (unpaired) electrons. The third-order valence-corrected chi connectivity index (χ3v) is 3.97. The first-order chi connectivity index (χ1) is 10.3. The van der Waals surface area contributed by atoms with Crippen molar-refractivity contribution in [2.45, 2.75) is 0 Å². The number of rotatable bonds is 3. The van der Waals surface area contributed by atoms with Crippen LogP contribution in [0.3, 0.4) is 0 Å². The van der Waals surface area contributed by atoms with Crippen molar-refractivity contribution < 1.29 is 4.79 Å². The second kappa shape index (κ2) is 5.81. The van der Waals surface area contributed by atoms with E-state index in [-0.39, 0.29) is 5.91 Å². The highest BCUT2D eigenvalue weighted by Crippen LogP contribution is 2.34. The van der Waals surface area contributed by atoms with Gasteiger partial charge >= 0.3 is 0 Å². The standard InChI is InChI=1S/C17H14N2OS/c18-16-15(17(20)19-13-9-5-2-6-10-13)14(11-21-16)12-7-3-1-4-8-12/h1-11H,18H2,(H,19,20). The third kappa shape index (κ3) is 2.80. The summed E-state index contributed by atoms with van der Waals surface area (Å²) >= 11 is 1.38. The maximum absolute atomic E-state index is 12.5. The minimum absolute atomic E-state index is 0.182. The Kier molecular flexibility index (Phi) is 3.71. The molecule has 3 aromatic rings. The molecule has 0 aliphatic rings. The molecule has 0 fully saturated rings. The molecule has 1 amide bonds. The lowest BCUT2D eigenvalue weighted by atomic mass is 10.0.